The van der Waals surface area contributed by atoms with E-state index in [0.29, 0.717) is 34.1 Å². The third-order valence-electron chi connectivity index (χ3n) is 4.94. The molecule has 0 N–H and O–H groups in total. The van der Waals surface area contributed by atoms with Crippen LogP contribution >= 0.6 is 11.6 Å². The Kier molecular flexibility index (Phi) is 4.59. The van der Waals surface area contributed by atoms with Crippen molar-refractivity contribution in [3.8, 4) is 17.1 Å². The van der Waals surface area contributed by atoms with E-state index in [1.165, 1.54) is 12.1 Å². The molecule has 5 aromatic rings. The first kappa shape index (κ1) is 19.1. The van der Waals surface area contributed by atoms with Gasteiger partial charge in [-0.05, 0) is 41.9 Å². The van der Waals surface area contributed by atoms with E-state index >= 15 is 0 Å². The summed E-state index contributed by atoms with van der Waals surface area (Å²) in [7, 11) is 3.39. The minimum atomic E-state index is -0.380. The number of methoxy groups -OCH3 is 1. The van der Waals surface area contributed by atoms with Gasteiger partial charge in [-0.15, -0.1) is 10.2 Å². The summed E-state index contributed by atoms with van der Waals surface area (Å²) in [5, 5.41) is 8.65. The standard InChI is InChI=1S/C21H15ClFN7O/c1-29(14-5-3-4-12(8-14)16-10-25-18(31-2)11-24-16)19-15-9-13(23)6-7-17(15)30-20(22)27-28-21(30)26-19/h3-11H,1-2H3. The summed E-state index contributed by atoms with van der Waals surface area (Å²) < 4.78 is 20.8. The largest absolute Gasteiger partial charge is 0.480 e. The molecule has 0 bridgehead atoms. The number of anilines is 2. The highest BCUT2D eigenvalue weighted by Crippen LogP contribution is 2.33. The van der Waals surface area contributed by atoms with Gasteiger partial charge < -0.3 is 9.64 Å². The SMILES string of the molecule is COc1cnc(-c2cccc(N(C)c3nc4nnc(Cl)n4c4ccc(F)cc34)c2)cn1. The molecule has 3 aromatic heterocycles. The zero-order chi connectivity index (χ0) is 21.5. The van der Waals surface area contributed by atoms with Crippen molar-refractivity contribution >= 4 is 39.8 Å². The molecule has 0 aliphatic heterocycles. The summed E-state index contributed by atoms with van der Waals surface area (Å²) in [5.41, 5.74) is 3.03. The molecule has 0 radical (unpaired) electrons. The molecule has 10 heteroatoms. The zero-order valence-corrected chi connectivity index (χ0v) is 17.2. The van der Waals surface area contributed by atoms with E-state index < -0.39 is 0 Å². The Balaban J connectivity index is 1.64. The van der Waals surface area contributed by atoms with Crippen LogP contribution in [0.5, 0.6) is 5.88 Å². The Morgan fingerprint density at radius 2 is 1.94 bits per heavy atom. The molecule has 154 valence electrons. The summed E-state index contributed by atoms with van der Waals surface area (Å²) in [5.74, 6) is 0.900. The van der Waals surface area contributed by atoms with Crippen molar-refractivity contribution in [1.29, 1.82) is 0 Å². The number of benzene rings is 2. The smallest absolute Gasteiger partial charge is 0.258 e. The van der Waals surface area contributed by atoms with Gasteiger partial charge in [0.15, 0.2) is 0 Å². The molecule has 2 aromatic carbocycles. The van der Waals surface area contributed by atoms with Gasteiger partial charge in [-0.2, -0.15) is 4.98 Å². The molecule has 0 saturated heterocycles. The number of hydrogen-bond donors (Lipinski definition) is 0. The van der Waals surface area contributed by atoms with Crippen LogP contribution in [0.1, 0.15) is 0 Å². The van der Waals surface area contributed by atoms with Gasteiger partial charge in [0, 0.05) is 23.7 Å². The fraction of sp³-hybridized carbons (Fsp3) is 0.0952. The Hall–Kier alpha value is -3.85. The number of fused-ring (bicyclic) bond motifs is 3. The van der Waals surface area contributed by atoms with Crippen molar-refractivity contribution in [2.75, 3.05) is 19.1 Å². The number of rotatable bonds is 4. The van der Waals surface area contributed by atoms with Gasteiger partial charge in [-0.3, -0.25) is 0 Å². The third kappa shape index (κ3) is 3.28. The zero-order valence-electron chi connectivity index (χ0n) is 16.5. The van der Waals surface area contributed by atoms with E-state index in [0.717, 1.165) is 11.3 Å². The van der Waals surface area contributed by atoms with E-state index in [9.17, 15) is 4.39 Å². The van der Waals surface area contributed by atoms with Crippen LogP contribution < -0.4 is 9.64 Å². The van der Waals surface area contributed by atoms with Gasteiger partial charge >= 0.3 is 0 Å². The lowest BCUT2D eigenvalue weighted by Gasteiger charge is -2.21. The maximum Gasteiger partial charge on any atom is 0.258 e. The van der Waals surface area contributed by atoms with Crippen LogP contribution in [0.25, 0.3) is 27.9 Å². The molecule has 31 heavy (non-hydrogen) atoms. The second-order valence-electron chi connectivity index (χ2n) is 6.75. The first-order valence-electron chi connectivity index (χ1n) is 9.25. The topological polar surface area (TPSA) is 81.3 Å². The number of ether oxygens (including phenoxy) is 1. The van der Waals surface area contributed by atoms with Crippen LogP contribution in [-0.4, -0.2) is 43.7 Å². The van der Waals surface area contributed by atoms with Crippen LogP contribution in [0.2, 0.25) is 5.28 Å². The monoisotopic (exact) mass is 435 g/mol. The fourth-order valence-corrected chi connectivity index (χ4v) is 3.60. The minimum absolute atomic E-state index is 0.161. The molecule has 5 rings (SSSR count). The molecule has 8 nitrogen and oxygen atoms in total. The van der Waals surface area contributed by atoms with Crippen molar-refractivity contribution < 1.29 is 9.13 Å². The fourth-order valence-electron chi connectivity index (χ4n) is 3.40. The Bertz CT molecular complexity index is 1420. The second kappa shape index (κ2) is 7.44. The van der Waals surface area contributed by atoms with Gasteiger partial charge in [0.05, 0.1) is 30.7 Å². The Morgan fingerprint density at radius 3 is 2.71 bits per heavy atom. The highest BCUT2D eigenvalue weighted by molar-refractivity contribution is 6.29. The van der Waals surface area contributed by atoms with Crippen LogP contribution in [-0.2, 0) is 0 Å². The number of aromatic nitrogens is 6. The first-order chi connectivity index (χ1) is 15.0. The molecule has 0 unspecified atom stereocenters. The quantitative estimate of drug-likeness (QED) is 0.416. The van der Waals surface area contributed by atoms with E-state index in [-0.39, 0.29) is 11.1 Å². The van der Waals surface area contributed by atoms with Gasteiger partial charge in [-0.25, -0.2) is 18.8 Å². The van der Waals surface area contributed by atoms with E-state index in [4.69, 9.17) is 16.3 Å². The number of halogens is 2. The van der Waals surface area contributed by atoms with Gasteiger partial charge in [-0.1, -0.05) is 12.1 Å². The molecule has 0 aliphatic rings. The maximum atomic E-state index is 14.1. The molecule has 0 saturated carbocycles. The van der Waals surface area contributed by atoms with Crippen molar-refractivity contribution in [3.05, 3.63) is 66.0 Å². The average molecular weight is 436 g/mol. The molecule has 0 spiro atoms. The average Bonchev–Trinajstić information content (AvgIpc) is 3.18. The first-order valence-corrected chi connectivity index (χ1v) is 9.63. The lowest BCUT2D eigenvalue weighted by Crippen LogP contribution is -2.13. The minimum Gasteiger partial charge on any atom is -0.480 e. The van der Waals surface area contributed by atoms with Crippen LogP contribution in [0.4, 0.5) is 15.9 Å². The molecular weight excluding hydrogens is 421 g/mol. The molecule has 0 amide bonds. The Morgan fingerprint density at radius 1 is 1.06 bits per heavy atom. The predicted molar refractivity (Wildman–Crippen MR) is 115 cm³/mol. The summed E-state index contributed by atoms with van der Waals surface area (Å²) in [6.45, 7) is 0. The van der Waals surface area contributed by atoms with Crippen molar-refractivity contribution in [1.82, 2.24) is 29.5 Å². The molecule has 3 heterocycles. The second-order valence-corrected chi connectivity index (χ2v) is 7.09. The van der Waals surface area contributed by atoms with Crippen LogP contribution in [0.3, 0.4) is 0 Å². The van der Waals surface area contributed by atoms with Crippen molar-refractivity contribution in [2.24, 2.45) is 0 Å². The number of hydrogen-bond acceptors (Lipinski definition) is 7. The van der Waals surface area contributed by atoms with Crippen LogP contribution in [0, 0.1) is 5.82 Å². The highest BCUT2D eigenvalue weighted by Gasteiger charge is 2.18. The van der Waals surface area contributed by atoms with Crippen LogP contribution in [0.15, 0.2) is 54.9 Å². The van der Waals surface area contributed by atoms with E-state index in [1.807, 2.05) is 36.2 Å². The predicted octanol–water partition coefficient (Wildman–Crippen LogP) is 4.30. The summed E-state index contributed by atoms with van der Waals surface area (Å²) in [4.78, 5) is 15.0. The summed E-state index contributed by atoms with van der Waals surface area (Å²) in [6.07, 6.45) is 3.21. The Labute approximate surface area is 180 Å². The lowest BCUT2D eigenvalue weighted by molar-refractivity contribution is 0.396. The molecule has 0 aliphatic carbocycles. The van der Waals surface area contributed by atoms with E-state index in [2.05, 4.69) is 25.1 Å². The number of nitrogens with zero attached hydrogens (tertiary/aromatic N) is 7. The van der Waals surface area contributed by atoms with E-state index in [1.54, 1.807) is 30.0 Å². The summed E-state index contributed by atoms with van der Waals surface area (Å²) >= 11 is 6.17. The molecule has 0 fully saturated rings. The maximum absolute atomic E-state index is 14.1. The van der Waals surface area contributed by atoms with Gasteiger partial charge in [0.2, 0.25) is 11.2 Å². The molecular formula is C21H15ClFN7O. The van der Waals surface area contributed by atoms with Gasteiger partial charge in [0.1, 0.15) is 11.6 Å². The van der Waals surface area contributed by atoms with Crippen molar-refractivity contribution in [2.45, 2.75) is 0 Å². The highest BCUT2D eigenvalue weighted by atomic mass is 35.5. The normalized spacial score (nSPS) is 11.2. The molecule has 0 atom stereocenters. The summed E-state index contributed by atoms with van der Waals surface area (Å²) in [6, 6.07) is 12.1. The third-order valence-corrected chi connectivity index (χ3v) is 5.18. The lowest BCUT2D eigenvalue weighted by atomic mass is 10.1. The van der Waals surface area contributed by atoms with Crippen molar-refractivity contribution in [3.63, 3.8) is 0 Å². The van der Waals surface area contributed by atoms with Gasteiger partial charge in [0.25, 0.3) is 5.78 Å².